The van der Waals surface area contributed by atoms with Crippen LogP contribution in [-0.4, -0.2) is 69.4 Å². The Bertz CT molecular complexity index is 2010. The second kappa shape index (κ2) is 13.5. The topological polar surface area (TPSA) is 129 Å². The zero-order chi connectivity index (χ0) is 34.0. The monoisotopic (exact) mass is 652 g/mol. The fourth-order valence-corrected chi connectivity index (χ4v) is 5.84. The minimum atomic E-state index is -0.607. The molecule has 0 saturated carbocycles. The number of aromatic nitrogens is 4. The summed E-state index contributed by atoms with van der Waals surface area (Å²) in [5, 5.41) is 8.03. The van der Waals surface area contributed by atoms with Crippen LogP contribution in [0.4, 0.5) is 16.0 Å². The maximum absolute atomic E-state index is 15.5. The van der Waals surface area contributed by atoms with Gasteiger partial charge in [0.2, 0.25) is 0 Å². The number of morpholine rings is 1. The predicted molar refractivity (Wildman–Crippen MR) is 180 cm³/mol. The maximum atomic E-state index is 15.5. The molecule has 1 aromatic carbocycles. The first-order chi connectivity index (χ1) is 23.0. The molecule has 1 aliphatic carbocycles. The summed E-state index contributed by atoms with van der Waals surface area (Å²) in [6.45, 7) is 9.26. The van der Waals surface area contributed by atoms with Crippen molar-refractivity contribution in [2.45, 2.75) is 46.0 Å². The molecule has 1 fully saturated rings. The lowest BCUT2D eigenvalue weighted by molar-refractivity contribution is -0.139. The number of carbonyl (C=O) groups excluding carboxylic acids is 2. The fraction of sp³-hybridized carbons (Fsp3) is 0.333. The number of allylic oxidation sites excluding steroid dienone is 2. The lowest BCUT2D eigenvalue weighted by atomic mass is 9.86. The van der Waals surface area contributed by atoms with Gasteiger partial charge in [0.1, 0.15) is 24.1 Å². The van der Waals surface area contributed by atoms with Crippen molar-refractivity contribution in [2.24, 2.45) is 0 Å². The average Bonchev–Trinajstić information content (AvgIpc) is 3.07. The van der Waals surface area contributed by atoms with Crippen LogP contribution in [0.1, 0.15) is 62.0 Å². The van der Waals surface area contributed by atoms with Gasteiger partial charge in [0.15, 0.2) is 0 Å². The molecule has 0 unspecified atom stereocenters. The first-order valence-electron chi connectivity index (χ1n) is 15.8. The molecule has 1 N–H and O–H groups in total. The molecule has 0 atom stereocenters. The van der Waals surface area contributed by atoms with Gasteiger partial charge in [-0.05, 0) is 71.4 Å². The second-order valence-corrected chi connectivity index (χ2v) is 12.8. The minimum Gasteiger partial charge on any atom is -0.461 e. The van der Waals surface area contributed by atoms with E-state index in [0.29, 0.717) is 73.0 Å². The largest absolute Gasteiger partial charge is 0.461 e. The van der Waals surface area contributed by atoms with E-state index in [4.69, 9.17) is 9.47 Å². The molecule has 1 amide bonds. The molecule has 48 heavy (non-hydrogen) atoms. The van der Waals surface area contributed by atoms with E-state index >= 15 is 4.39 Å². The highest BCUT2D eigenvalue weighted by atomic mass is 19.1. The number of esters is 1. The number of anilines is 2. The van der Waals surface area contributed by atoms with E-state index in [1.807, 2.05) is 39.0 Å². The second-order valence-electron chi connectivity index (χ2n) is 12.8. The molecular weight excluding hydrogens is 615 g/mol. The van der Waals surface area contributed by atoms with Crippen LogP contribution in [0.3, 0.4) is 0 Å². The van der Waals surface area contributed by atoms with Crippen LogP contribution in [0, 0.1) is 5.82 Å². The van der Waals surface area contributed by atoms with Crippen LogP contribution >= 0.6 is 0 Å². The molecule has 12 heteroatoms. The quantitative estimate of drug-likeness (QED) is 0.258. The van der Waals surface area contributed by atoms with Crippen LogP contribution in [0.25, 0.3) is 22.0 Å². The summed E-state index contributed by atoms with van der Waals surface area (Å²) in [5.74, 6) is -0.197. The number of halogens is 1. The van der Waals surface area contributed by atoms with Gasteiger partial charge in [0.25, 0.3) is 11.5 Å². The maximum Gasteiger partial charge on any atom is 0.302 e. The summed E-state index contributed by atoms with van der Waals surface area (Å²) in [7, 11) is 0. The molecule has 2 aliphatic rings. The summed E-state index contributed by atoms with van der Waals surface area (Å²) in [6.07, 6.45) is 7.67. The molecule has 3 aromatic heterocycles. The Labute approximate surface area is 277 Å². The molecule has 11 nitrogen and oxygen atoms in total. The first-order valence-corrected chi connectivity index (χ1v) is 15.8. The van der Waals surface area contributed by atoms with Crippen molar-refractivity contribution in [1.82, 2.24) is 24.6 Å². The molecule has 4 aromatic rings. The Hall–Kier alpha value is -5.23. The van der Waals surface area contributed by atoms with Crippen LogP contribution in [-0.2, 0) is 19.7 Å². The van der Waals surface area contributed by atoms with Crippen LogP contribution in [0.15, 0.2) is 71.4 Å². The summed E-state index contributed by atoms with van der Waals surface area (Å²) in [6, 6.07) is 10.3. The number of carbonyl (C=O) groups is 2. The Balaban J connectivity index is 1.32. The van der Waals surface area contributed by atoms with Crippen molar-refractivity contribution in [2.75, 3.05) is 38.2 Å². The molecule has 6 rings (SSSR count). The Morgan fingerprint density at radius 2 is 1.83 bits per heavy atom. The van der Waals surface area contributed by atoms with E-state index in [1.54, 1.807) is 29.3 Å². The third-order valence-corrected chi connectivity index (χ3v) is 8.42. The Morgan fingerprint density at radius 1 is 1.04 bits per heavy atom. The van der Waals surface area contributed by atoms with Gasteiger partial charge in [-0.15, -0.1) is 0 Å². The fourth-order valence-electron chi connectivity index (χ4n) is 5.84. The number of benzene rings is 1. The van der Waals surface area contributed by atoms with Gasteiger partial charge >= 0.3 is 5.97 Å². The minimum absolute atomic E-state index is 0.0472. The number of rotatable bonds is 7. The van der Waals surface area contributed by atoms with E-state index in [-0.39, 0.29) is 23.3 Å². The van der Waals surface area contributed by atoms with Gasteiger partial charge in [-0.1, -0.05) is 26.8 Å². The van der Waals surface area contributed by atoms with E-state index in [2.05, 4.69) is 20.4 Å². The lowest BCUT2D eigenvalue weighted by Crippen LogP contribution is -2.40. The standard InChI is InChI=1S/C36H37FN6O5/c1-22(44)48-21-28-27(6-5-7-30(28)43-35(46)33-25(20-40-43)16-26(18-29(33)37)36(2,3)4)23-10-11-38-32(17-23)41-31-9-8-24(19-39-31)34(45)42-12-14-47-15-13-42/h6,8-11,16-20H,5,7,12-15,21H2,1-4H3,(H,38,39,41). The van der Waals surface area contributed by atoms with Gasteiger partial charge in [-0.3, -0.25) is 14.4 Å². The van der Waals surface area contributed by atoms with Crippen molar-refractivity contribution in [3.8, 4) is 0 Å². The number of hydrogen-bond donors (Lipinski definition) is 1. The van der Waals surface area contributed by atoms with Crippen LogP contribution in [0.5, 0.6) is 0 Å². The molecule has 1 aliphatic heterocycles. The summed E-state index contributed by atoms with van der Waals surface area (Å²) < 4.78 is 27.5. The van der Waals surface area contributed by atoms with Gasteiger partial charge in [-0.25, -0.2) is 19.0 Å². The van der Waals surface area contributed by atoms with Crippen molar-refractivity contribution < 1.29 is 23.5 Å². The van der Waals surface area contributed by atoms with E-state index in [0.717, 1.165) is 16.7 Å². The number of fused-ring (bicyclic) bond motifs is 1. The van der Waals surface area contributed by atoms with Crippen molar-refractivity contribution in [3.63, 3.8) is 0 Å². The van der Waals surface area contributed by atoms with Crippen LogP contribution in [0.2, 0.25) is 0 Å². The van der Waals surface area contributed by atoms with Gasteiger partial charge in [0, 0.05) is 43.4 Å². The lowest BCUT2D eigenvalue weighted by Gasteiger charge is -2.26. The first kappa shape index (κ1) is 32.7. The number of nitrogens with one attached hydrogen (secondary N) is 1. The predicted octanol–water partition coefficient (Wildman–Crippen LogP) is 5.49. The summed E-state index contributed by atoms with van der Waals surface area (Å²) in [5.41, 5.74) is 2.94. The van der Waals surface area contributed by atoms with Crippen molar-refractivity contribution >= 4 is 45.6 Å². The molecule has 0 bridgehead atoms. The molecule has 248 valence electrons. The highest BCUT2D eigenvalue weighted by Gasteiger charge is 2.25. The average molecular weight is 653 g/mol. The molecule has 4 heterocycles. The van der Waals surface area contributed by atoms with E-state index in [9.17, 15) is 14.4 Å². The van der Waals surface area contributed by atoms with Gasteiger partial charge in [0.05, 0.1) is 36.1 Å². The smallest absolute Gasteiger partial charge is 0.302 e. The highest BCUT2D eigenvalue weighted by molar-refractivity contribution is 5.94. The van der Waals surface area contributed by atoms with Crippen LogP contribution < -0.4 is 10.9 Å². The summed E-state index contributed by atoms with van der Waals surface area (Å²) in [4.78, 5) is 49.1. The Kier molecular flexibility index (Phi) is 9.18. The number of ether oxygens (including phenoxy) is 2. The van der Waals surface area contributed by atoms with Crippen molar-refractivity contribution in [1.29, 1.82) is 0 Å². The molecule has 0 spiro atoms. The SMILES string of the molecule is CC(=O)OCC1=C(n2ncc3cc(C(C)(C)C)cc(F)c3c2=O)CCC=C1c1ccnc(Nc2ccc(C(=O)N3CCOCC3)cn2)c1. The third kappa shape index (κ3) is 6.89. The number of amides is 1. The molecule has 1 saturated heterocycles. The third-order valence-electron chi connectivity index (χ3n) is 8.42. The Morgan fingerprint density at radius 3 is 2.54 bits per heavy atom. The molecule has 0 radical (unpaired) electrons. The zero-order valence-electron chi connectivity index (χ0n) is 27.4. The van der Waals surface area contributed by atoms with Gasteiger partial charge in [-0.2, -0.15) is 5.10 Å². The summed E-state index contributed by atoms with van der Waals surface area (Å²) >= 11 is 0. The zero-order valence-corrected chi connectivity index (χ0v) is 27.4. The number of pyridine rings is 2. The van der Waals surface area contributed by atoms with Crippen molar-refractivity contribution in [3.05, 3.63) is 99.5 Å². The van der Waals surface area contributed by atoms with E-state index < -0.39 is 17.3 Å². The number of nitrogens with zero attached hydrogens (tertiary/aromatic N) is 5. The number of hydrogen-bond acceptors (Lipinski definition) is 9. The normalized spacial score (nSPS) is 15.4. The molecular formula is C36H37FN6O5. The van der Waals surface area contributed by atoms with E-state index in [1.165, 1.54) is 30.1 Å². The highest BCUT2D eigenvalue weighted by Crippen LogP contribution is 2.36. The van der Waals surface area contributed by atoms with Gasteiger partial charge < -0.3 is 19.7 Å².